The number of rotatable bonds is 6. The van der Waals surface area contributed by atoms with Crippen LogP contribution in [0.5, 0.6) is 5.75 Å². The Morgan fingerprint density at radius 2 is 1.69 bits per heavy atom. The van der Waals surface area contributed by atoms with Gasteiger partial charge in [-0.1, -0.05) is 31.0 Å². The van der Waals surface area contributed by atoms with E-state index in [1.54, 1.807) is 6.07 Å². The van der Waals surface area contributed by atoms with Crippen LogP contribution >= 0.6 is 0 Å². The SMILES string of the molecule is COc1ccc(S(=O)(=O)N2CCCCCC2)cc1C(=O)N[C@H](C)c1ccc2c(c1)CCC2. The van der Waals surface area contributed by atoms with E-state index in [0.29, 0.717) is 18.8 Å². The van der Waals surface area contributed by atoms with Crippen LogP contribution in [-0.2, 0) is 22.9 Å². The lowest BCUT2D eigenvalue weighted by Gasteiger charge is -2.21. The van der Waals surface area contributed by atoms with Crippen LogP contribution in [0.4, 0.5) is 0 Å². The largest absolute Gasteiger partial charge is 0.496 e. The van der Waals surface area contributed by atoms with E-state index in [0.717, 1.165) is 44.1 Å². The van der Waals surface area contributed by atoms with Crippen molar-refractivity contribution in [3.63, 3.8) is 0 Å². The van der Waals surface area contributed by atoms with Crippen LogP contribution in [0.3, 0.4) is 0 Å². The first kappa shape index (κ1) is 22.8. The Bertz CT molecular complexity index is 1090. The first-order valence-electron chi connectivity index (χ1n) is 11.5. The molecule has 1 atom stereocenters. The van der Waals surface area contributed by atoms with E-state index >= 15 is 0 Å². The molecule has 1 heterocycles. The van der Waals surface area contributed by atoms with E-state index in [2.05, 4.69) is 23.5 Å². The summed E-state index contributed by atoms with van der Waals surface area (Å²) in [5, 5.41) is 3.02. The van der Waals surface area contributed by atoms with Gasteiger partial charge in [-0.05, 0) is 73.9 Å². The van der Waals surface area contributed by atoms with Gasteiger partial charge in [0.2, 0.25) is 10.0 Å². The number of amides is 1. The summed E-state index contributed by atoms with van der Waals surface area (Å²) in [7, 11) is -2.17. The second kappa shape index (κ2) is 9.63. The molecule has 2 aromatic carbocycles. The van der Waals surface area contributed by atoms with Gasteiger partial charge in [-0.3, -0.25) is 4.79 Å². The van der Waals surface area contributed by atoms with E-state index in [9.17, 15) is 13.2 Å². The van der Waals surface area contributed by atoms with Gasteiger partial charge in [0.1, 0.15) is 5.75 Å². The average Bonchev–Trinajstić information content (AvgIpc) is 3.09. The number of hydrogen-bond acceptors (Lipinski definition) is 4. The average molecular weight is 457 g/mol. The molecular weight excluding hydrogens is 424 g/mol. The molecule has 0 radical (unpaired) electrons. The molecule has 0 saturated carbocycles. The first-order valence-corrected chi connectivity index (χ1v) is 12.9. The molecule has 0 spiro atoms. The van der Waals surface area contributed by atoms with Gasteiger partial charge < -0.3 is 10.1 Å². The molecule has 2 aliphatic rings. The van der Waals surface area contributed by atoms with Crippen molar-refractivity contribution in [2.45, 2.75) is 62.8 Å². The van der Waals surface area contributed by atoms with Crippen molar-refractivity contribution >= 4 is 15.9 Å². The van der Waals surface area contributed by atoms with Crippen LogP contribution in [-0.4, -0.2) is 38.8 Å². The van der Waals surface area contributed by atoms with Gasteiger partial charge in [-0.25, -0.2) is 8.42 Å². The second-order valence-corrected chi connectivity index (χ2v) is 10.7. The van der Waals surface area contributed by atoms with Crippen molar-refractivity contribution in [2.24, 2.45) is 0 Å². The zero-order chi connectivity index (χ0) is 22.7. The Morgan fingerprint density at radius 1 is 0.969 bits per heavy atom. The van der Waals surface area contributed by atoms with Crippen molar-refractivity contribution in [1.29, 1.82) is 0 Å². The third kappa shape index (κ3) is 4.69. The fraction of sp³-hybridized carbons (Fsp3) is 0.480. The summed E-state index contributed by atoms with van der Waals surface area (Å²) in [4.78, 5) is 13.3. The molecule has 6 nitrogen and oxygen atoms in total. The van der Waals surface area contributed by atoms with Crippen molar-refractivity contribution in [1.82, 2.24) is 9.62 Å². The summed E-state index contributed by atoms with van der Waals surface area (Å²) < 4.78 is 33.4. The van der Waals surface area contributed by atoms with Crippen molar-refractivity contribution < 1.29 is 17.9 Å². The monoisotopic (exact) mass is 456 g/mol. The van der Waals surface area contributed by atoms with Crippen molar-refractivity contribution in [2.75, 3.05) is 20.2 Å². The first-order chi connectivity index (χ1) is 15.4. The minimum Gasteiger partial charge on any atom is -0.496 e. The molecule has 0 bridgehead atoms. The maximum absolute atomic E-state index is 13.2. The number of benzene rings is 2. The van der Waals surface area contributed by atoms with Gasteiger partial charge in [0, 0.05) is 13.1 Å². The molecule has 1 aliphatic carbocycles. The number of ether oxygens (including phenoxy) is 1. The number of nitrogens with zero attached hydrogens (tertiary/aromatic N) is 1. The molecule has 0 unspecified atom stereocenters. The van der Waals surface area contributed by atoms with E-state index in [-0.39, 0.29) is 22.4 Å². The van der Waals surface area contributed by atoms with Crippen LogP contribution < -0.4 is 10.1 Å². The van der Waals surface area contributed by atoms with E-state index in [4.69, 9.17) is 4.74 Å². The maximum atomic E-state index is 13.2. The molecular formula is C25H32N2O4S. The molecule has 4 rings (SSSR count). The van der Waals surface area contributed by atoms with Gasteiger partial charge >= 0.3 is 0 Å². The van der Waals surface area contributed by atoms with Gasteiger partial charge in [-0.15, -0.1) is 0 Å². The van der Waals surface area contributed by atoms with E-state index in [1.165, 1.54) is 41.1 Å². The molecule has 2 aromatic rings. The fourth-order valence-electron chi connectivity index (χ4n) is 4.67. The minimum atomic E-state index is -3.66. The molecule has 32 heavy (non-hydrogen) atoms. The predicted molar refractivity (Wildman–Crippen MR) is 125 cm³/mol. The molecule has 1 N–H and O–H groups in total. The number of sulfonamides is 1. The number of fused-ring (bicyclic) bond motifs is 1. The highest BCUT2D eigenvalue weighted by Gasteiger charge is 2.27. The van der Waals surface area contributed by atoms with Crippen molar-refractivity contribution in [3.8, 4) is 5.75 Å². The van der Waals surface area contributed by atoms with E-state index < -0.39 is 10.0 Å². The Morgan fingerprint density at radius 3 is 2.41 bits per heavy atom. The Hall–Kier alpha value is -2.38. The van der Waals surface area contributed by atoms with Crippen molar-refractivity contribution in [3.05, 3.63) is 58.7 Å². The number of nitrogens with one attached hydrogen (secondary N) is 1. The molecule has 1 fully saturated rings. The zero-order valence-electron chi connectivity index (χ0n) is 18.9. The number of carbonyl (C=O) groups excluding carboxylic acids is 1. The molecule has 7 heteroatoms. The van der Waals surface area contributed by atoms with Crippen LogP contribution in [0.2, 0.25) is 0 Å². The van der Waals surface area contributed by atoms with Gasteiger partial charge in [0.25, 0.3) is 5.91 Å². The lowest BCUT2D eigenvalue weighted by molar-refractivity contribution is 0.0936. The van der Waals surface area contributed by atoms with Gasteiger partial charge in [0.15, 0.2) is 0 Å². The van der Waals surface area contributed by atoms with Gasteiger partial charge in [-0.2, -0.15) is 4.31 Å². The van der Waals surface area contributed by atoms with Crippen LogP contribution in [0.25, 0.3) is 0 Å². The summed E-state index contributed by atoms with van der Waals surface area (Å²) in [5.74, 6) is 0.0150. The highest BCUT2D eigenvalue weighted by atomic mass is 32.2. The summed E-state index contributed by atoms with van der Waals surface area (Å²) in [5.41, 5.74) is 4.02. The Balaban J connectivity index is 1.57. The summed E-state index contributed by atoms with van der Waals surface area (Å²) in [6.07, 6.45) is 7.18. The lowest BCUT2D eigenvalue weighted by atomic mass is 10.0. The number of hydrogen-bond donors (Lipinski definition) is 1. The summed E-state index contributed by atoms with van der Waals surface area (Å²) in [6.45, 7) is 2.98. The molecule has 172 valence electrons. The number of methoxy groups -OCH3 is 1. The normalized spacial score (nSPS) is 17.9. The fourth-order valence-corrected chi connectivity index (χ4v) is 6.22. The third-order valence-electron chi connectivity index (χ3n) is 6.59. The van der Waals surface area contributed by atoms with Gasteiger partial charge in [0.05, 0.1) is 23.6 Å². The quantitative estimate of drug-likeness (QED) is 0.705. The van der Waals surface area contributed by atoms with E-state index in [1.807, 2.05) is 6.92 Å². The molecule has 1 aliphatic heterocycles. The number of carbonyl (C=O) groups is 1. The van der Waals surface area contributed by atoms with Crippen LogP contribution in [0.1, 0.15) is 72.1 Å². The molecule has 0 aromatic heterocycles. The van der Waals surface area contributed by atoms with Crippen LogP contribution in [0, 0.1) is 0 Å². The summed E-state index contributed by atoms with van der Waals surface area (Å²) >= 11 is 0. The maximum Gasteiger partial charge on any atom is 0.255 e. The standard InChI is InChI=1S/C25H32N2O4S/c1-18(20-11-10-19-8-7-9-21(19)16-20)26-25(28)23-17-22(12-13-24(23)31-2)32(29,30)27-14-5-3-4-6-15-27/h10-13,16-18H,3-9,14-15H2,1-2H3,(H,26,28)/t18-/m1/s1. The zero-order valence-corrected chi connectivity index (χ0v) is 19.7. The van der Waals surface area contributed by atoms with Crippen LogP contribution in [0.15, 0.2) is 41.3 Å². The topological polar surface area (TPSA) is 75.7 Å². The predicted octanol–water partition coefficient (Wildman–Crippen LogP) is 4.24. The molecule has 1 amide bonds. The number of aryl methyl sites for hydroxylation is 2. The lowest BCUT2D eigenvalue weighted by Crippen LogP contribution is -2.32. The third-order valence-corrected chi connectivity index (χ3v) is 8.48. The Labute approximate surface area is 191 Å². The highest BCUT2D eigenvalue weighted by Crippen LogP contribution is 2.28. The minimum absolute atomic E-state index is 0.135. The smallest absolute Gasteiger partial charge is 0.255 e. The Kier molecular flexibility index (Phi) is 6.86. The highest BCUT2D eigenvalue weighted by molar-refractivity contribution is 7.89. The molecule has 1 saturated heterocycles. The summed E-state index contributed by atoms with van der Waals surface area (Å²) in [6, 6.07) is 10.7. The second-order valence-electron chi connectivity index (χ2n) is 8.76.